The Morgan fingerprint density at radius 3 is 2.55 bits per heavy atom. The molecule has 3 heteroatoms. The van der Waals surface area contributed by atoms with Crippen molar-refractivity contribution in [1.29, 1.82) is 0 Å². The van der Waals surface area contributed by atoms with E-state index in [0.29, 0.717) is 12.5 Å². The lowest BCUT2D eigenvalue weighted by molar-refractivity contribution is 0.293. The van der Waals surface area contributed by atoms with Crippen LogP contribution in [0.2, 0.25) is 0 Å². The largest absolute Gasteiger partial charge is 0.485 e. The summed E-state index contributed by atoms with van der Waals surface area (Å²) in [6, 6.07) is 12.6. The predicted molar refractivity (Wildman–Crippen MR) is 90.4 cm³/mol. The maximum absolute atomic E-state index is 6.03. The number of aromatic amines is 1. The Labute approximate surface area is 131 Å². The second-order valence-electron chi connectivity index (χ2n) is 6.19. The Kier molecular flexibility index (Phi) is 3.88. The molecule has 22 heavy (non-hydrogen) atoms. The number of benzene rings is 2. The van der Waals surface area contributed by atoms with Gasteiger partial charge in [-0.05, 0) is 54.7 Å². The molecule has 2 aromatic carbocycles. The Morgan fingerprint density at radius 2 is 1.77 bits per heavy atom. The van der Waals surface area contributed by atoms with Crippen LogP contribution in [0.25, 0.3) is 11.0 Å². The molecule has 1 heterocycles. The number of fused-ring (bicyclic) bond motifs is 1. The highest BCUT2D eigenvalue weighted by Gasteiger charge is 2.10. The summed E-state index contributed by atoms with van der Waals surface area (Å²) in [5.41, 5.74) is 5.71. The number of nitrogens with zero attached hydrogens (tertiary/aromatic N) is 1. The maximum Gasteiger partial charge on any atom is 0.146 e. The van der Waals surface area contributed by atoms with Gasteiger partial charge in [0, 0.05) is 0 Å². The number of imidazole rings is 1. The van der Waals surface area contributed by atoms with Crippen molar-refractivity contribution in [1.82, 2.24) is 9.97 Å². The van der Waals surface area contributed by atoms with Crippen molar-refractivity contribution in [2.24, 2.45) is 0 Å². The third-order valence-corrected chi connectivity index (χ3v) is 3.84. The van der Waals surface area contributed by atoms with E-state index in [0.717, 1.165) is 22.6 Å². The monoisotopic (exact) mass is 294 g/mol. The molecule has 0 aliphatic rings. The molecule has 0 radical (unpaired) electrons. The number of H-pyrrole nitrogens is 1. The van der Waals surface area contributed by atoms with E-state index < -0.39 is 0 Å². The zero-order chi connectivity index (χ0) is 15.7. The fourth-order valence-electron chi connectivity index (χ4n) is 2.63. The lowest BCUT2D eigenvalue weighted by Gasteiger charge is -2.14. The smallest absolute Gasteiger partial charge is 0.146 e. The van der Waals surface area contributed by atoms with Gasteiger partial charge in [-0.25, -0.2) is 4.98 Å². The van der Waals surface area contributed by atoms with Crippen LogP contribution in [0.1, 0.15) is 42.3 Å². The van der Waals surface area contributed by atoms with E-state index in [9.17, 15) is 0 Å². The molecule has 0 aliphatic heterocycles. The molecule has 3 rings (SSSR count). The quantitative estimate of drug-likeness (QED) is 0.744. The molecule has 3 nitrogen and oxygen atoms in total. The number of ether oxygens (including phenoxy) is 1. The average Bonchev–Trinajstić information content (AvgIpc) is 2.86. The molecule has 1 N–H and O–H groups in total. The summed E-state index contributed by atoms with van der Waals surface area (Å²) >= 11 is 0. The van der Waals surface area contributed by atoms with Crippen molar-refractivity contribution in [2.75, 3.05) is 0 Å². The van der Waals surface area contributed by atoms with Gasteiger partial charge in [-0.1, -0.05) is 32.0 Å². The summed E-state index contributed by atoms with van der Waals surface area (Å²) in [7, 11) is 0. The van der Waals surface area contributed by atoms with Crippen LogP contribution >= 0.6 is 0 Å². The minimum absolute atomic E-state index is 0.439. The standard InChI is InChI=1S/C19H22N2O/c1-12(2)15-7-5-14(4)10-18(15)22-11-19-20-16-8-6-13(3)9-17(16)21-19/h5-10,12H,11H2,1-4H3,(H,20,21). The summed E-state index contributed by atoms with van der Waals surface area (Å²) in [4.78, 5) is 7.92. The summed E-state index contributed by atoms with van der Waals surface area (Å²) < 4.78 is 6.03. The second kappa shape index (κ2) is 5.84. The van der Waals surface area contributed by atoms with Gasteiger partial charge >= 0.3 is 0 Å². The molecule has 0 spiro atoms. The van der Waals surface area contributed by atoms with Gasteiger partial charge in [0.05, 0.1) is 11.0 Å². The highest BCUT2D eigenvalue weighted by atomic mass is 16.5. The molecule has 0 amide bonds. The van der Waals surface area contributed by atoms with E-state index in [-0.39, 0.29) is 0 Å². The van der Waals surface area contributed by atoms with Gasteiger partial charge in [0.25, 0.3) is 0 Å². The van der Waals surface area contributed by atoms with E-state index in [1.54, 1.807) is 0 Å². The Bertz CT molecular complexity index is 802. The number of hydrogen-bond donors (Lipinski definition) is 1. The Balaban J connectivity index is 1.83. The van der Waals surface area contributed by atoms with Gasteiger partial charge in [0.1, 0.15) is 18.2 Å². The molecule has 1 aromatic heterocycles. The first-order valence-electron chi connectivity index (χ1n) is 7.71. The molecule has 0 aliphatic carbocycles. The van der Waals surface area contributed by atoms with Crippen molar-refractivity contribution in [3.8, 4) is 5.75 Å². The van der Waals surface area contributed by atoms with Gasteiger partial charge in [-0.2, -0.15) is 0 Å². The molecule has 0 atom stereocenters. The molecule has 3 aromatic rings. The SMILES string of the molecule is Cc1ccc(C(C)C)c(OCc2nc3ccc(C)cc3[nH]2)c1. The van der Waals surface area contributed by atoms with Gasteiger partial charge in [-0.15, -0.1) is 0 Å². The van der Waals surface area contributed by atoms with E-state index in [1.165, 1.54) is 16.7 Å². The normalized spacial score (nSPS) is 11.3. The number of hydrogen-bond acceptors (Lipinski definition) is 2. The summed E-state index contributed by atoms with van der Waals surface area (Å²) in [5, 5.41) is 0. The third-order valence-electron chi connectivity index (χ3n) is 3.84. The first kappa shape index (κ1) is 14.6. The van der Waals surface area contributed by atoms with E-state index >= 15 is 0 Å². The van der Waals surface area contributed by atoms with Crippen molar-refractivity contribution in [3.63, 3.8) is 0 Å². The predicted octanol–water partition coefficient (Wildman–Crippen LogP) is 4.88. The molecule has 0 fully saturated rings. The summed E-state index contributed by atoms with van der Waals surface area (Å²) in [5.74, 6) is 2.25. The van der Waals surface area contributed by atoms with Crippen molar-refractivity contribution in [2.45, 2.75) is 40.2 Å². The number of aryl methyl sites for hydroxylation is 2. The van der Waals surface area contributed by atoms with Gasteiger partial charge in [-0.3, -0.25) is 0 Å². The minimum atomic E-state index is 0.439. The fraction of sp³-hybridized carbons (Fsp3) is 0.316. The zero-order valence-electron chi connectivity index (χ0n) is 13.6. The minimum Gasteiger partial charge on any atom is -0.485 e. The van der Waals surface area contributed by atoms with E-state index in [1.807, 2.05) is 6.07 Å². The summed E-state index contributed by atoms with van der Waals surface area (Å²) in [6.45, 7) is 8.99. The second-order valence-corrected chi connectivity index (χ2v) is 6.19. The molecule has 0 bridgehead atoms. The van der Waals surface area contributed by atoms with Crippen LogP contribution in [0.15, 0.2) is 36.4 Å². The first-order valence-corrected chi connectivity index (χ1v) is 7.71. The van der Waals surface area contributed by atoms with Gasteiger partial charge in [0.2, 0.25) is 0 Å². The van der Waals surface area contributed by atoms with Crippen LogP contribution in [0.5, 0.6) is 5.75 Å². The van der Waals surface area contributed by atoms with E-state index in [4.69, 9.17) is 4.74 Å². The van der Waals surface area contributed by atoms with Crippen LogP contribution in [0.3, 0.4) is 0 Å². The van der Waals surface area contributed by atoms with Crippen molar-refractivity contribution >= 4 is 11.0 Å². The maximum atomic E-state index is 6.03. The topological polar surface area (TPSA) is 37.9 Å². The average molecular weight is 294 g/mol. The van der Waals surface area contributed by atoms with Crippen LogP contribution in [0.4, 0.5) is 0 Å². The molecule has 0 saturated heterocycles. The van der Waals surface area contributed by atoms with Crippen LogP contribution in [-0.2, 0) is 6.61 Å². The van der Waals surface area contributed by atoms with E-state index in [2.05, 4.69) is 68.0 Å². The van der Waals surface area contributed by atoms with Gasteiger partial charge in [0.15, 0.2) is 0 Å². The lowest BCUT2D eigenvalue weighted by atomic mass is 10.0. The first-order chi connectivity index (χ1) is 10.5. The third kappa shape index (κ3) is 2.98. The van der Waals surface area contributed by atoms with Gasteiger partial charge < -0.3 is 9.72 Å². The fourth-order valence-corrected chi connectivity index (χ4v) is 2.63. The summed E-state index contributed by atoms with van der Waals surface area (Å²) in [6.07, 6.45) is 0. The Hall–Kier alpha value is -2.29. The van der Waals surface area contributed by atoms with Crippen LogP contribution in [-0.4, -0.2) is 9.97 Å². The molecule has 0 saturated carbocycles. The number of aromatic nitrogens is 2. The zero-order valence-corrected chi connectivity index (χ0v) is 13.6. The highest BCUT2D eigenvalue weighted by molar-refractivity contribution is 5.75. The number of nitrogens with one attached hydrogen (secondary N) is 1. The van der Waals surface area contributed by atoms with Crippen LogP contribution in [0, 0.1) is 13.8 Å². The lowest BCUT2D eigenvalue weighted by Crippen LogP contribution is -2.01. The van der Waals surface area contributed by atoms with Crippen molar-refractivity contribution in [3.05, 3.63) is 58.9 Å². The molecular formula is C19H22N2O. The highest BCUT2D eigenvalue weighted by Crippen LogP contribution is 2.28. The van der Waals surface area contributed by atoms with Crippen molar-refractivity contribution < 1.29 is 4.74 Å². The Morgan fingerprint density at radius 1 is 1.05 bits per heavy atom. The molecule has 0 unspecified atom stereocenters. The molecular weight excluding hydrogens is 272 g/mol. The molecule has 114 valence electrons. The number of rotatable bonds is 4. The van der Waals surface area contributed by atoms with Crippen LogP contribution < -0.4 is 4.74 Å².